The standard InChI is InChI=1S/C26H21F4N3O3S2/c1-13-7-19-20(8-16(26(28,29)30)9-21(19)36-13)24(34)31-10-18-11-37-12-33(18)25(35)22-23(38-14(2)32-22)15-3-5-17(27)6-4-15/h3-9,18H,10-12H2,1-2H3,(H,31,34)/t18-/m1/s1. The molecule has 6 nitrogen and oxygen atoms in total. The molecule has 0 bridgehead atoms. The summed E-state index contributed by atoms with van der Waals surface area (Å²) in [6, 6.07) is 8.61. The second kappa shape index (κ2) is 10.1. The van der Waals surface area contributed by atoms with Gasteiger partial charge in [0.15, 0.2) is 0 Å². The van der Waals surface area contributed by atoms with Gasteiger partial charge in [0.05, 0.1) is 32.9 Å². The number of fused-ring (bicyclic) bond motifs is 1. The largest absolute Gasteiger partial charge is 0.461 e. The van der Waals surface area contributed by atoms with Crippen molar-refractivity contribution in [1.82, 2.24) is 15.2 Å². The average molecular weight is 564 g/mol. The third-order valence-electron chi connectivity index (χ3n) is 6.12. The van der Waals surface area contributed by atoms with Crippen LogP contribution in [0.3, 0.4) is 0 Å². The molecule has 0 saturated carbocycles. The maximum atomic E-state index is 13.5. The highest BCUT2D eigenvalue weighted by Gasteiger charge is 2.35. The van der Waals surface area contributed by atoms with Crippen molar-refractivity contribution in [2.45, 2.75) is 26.1 Å². The molecule has 0 unspecified atom stereocenters. The minimum atomic E-state index is -4.65. The van der Waals surface area contributed by atoms with E-state index >= 15 is 0 Å². The van der Waals surface area contributed by atoms with Crippen molar-refractivity contribution in [2.75, 3.05) is 18.2 Å². The molecule has 12 heteroatoms. The Hall–Kier alpha value is -3.38. The Morgan fingerprint density at radius 1 is 1.16 bits per heavy atom. The van der Waals surface area contributed by atoms with E-state index in [1.165, 1.54) is 41.3 Å². The van der Waals surface area contributed by atoms with Crippen LogP contribution in [0.1, 0.15) is 37.2 Å². The van der Waals surface area contributed by atoms with E-state index in [0.717, 1.165) is 12.1 Å². The topological polar surface area (TPSA) is 75.4 Å². The number of amides is 2. The molecule has 1 aliphatic heterocycles. The van der Waals surface area contributed by atoms with E-state index in [1.807, 2.05) is 0 Å². The number of aryl methyl sites for hydroxylation is 2. The van der Waals surface area contributed by atoms with Gasteiger partial charge in [-0.25, -0.2) is 9.37 Å². The molecule has 198 valence electrons. The zero-order valence-electron chi connectivity index (χ0n) is 20.2. The lowest BCUT2D eigenvalue weighted by molar-refractivity contribution is -0.137. The van der Waals surface area contributed by atoms with E-state index in [9.17, 15) is 27.2 Å². The zero-order chi connectivity index (χ0) is 27.2. The Labute approximate surface area is 223 Å². The van der Waals surface area contributed by atoms with Gasteiger partial charge in [-0.05, 0) is 49.7 Å². The van der Waals surface area contributed by atoms with Crippen LogP contribution in [-0.4, -0.2) is 45.9 Å². The number of halogens is 4. The monoisotopic (exact) mass is 563 g/mol. The number of hydrogen-bond acceptors (Lipinski definition) is 6. The van der Waals surface area contributed by atoms with Crippen LogP contribution < -0.4 is 5.32 Å². The summed E-state index contributed by atoms with van der Waals surface area (Å²) in [5, 5.41) is 3.66. The number of furan rings is 1. The van der Waals surface area contributed by atoms with Crippen molar-refractivity contribution in [1.29, 1.82) is 0 Å². The van der Waals surface area contributed by atoms with Gasteiger partial charge in [0.25, 0.3) is 11.8 Å². The summed E-state index contributed by atoms with van der Waals surface area (Å²) in [4.78, 5) is 33.2. The molecular weight excluding hydrogens is 542 g/mol. The summed E-state index contributed by atoms with van der Waals surface area (Å²) in [5.41, 5.74) is -0.246. The molecule has 1 saturated heterocycles. The molecule has 1 fully saturated rings. The van der Waals surface area contributed by atoms with Gasteiger partial charge in [-0.2, -0.15) is 13.2 Å². The quantitative estimate of drug-likeness (QED) is 0.290. The molecule has 2 aromatic carbocycles. The molecule has 4 aromatic rings. The van der Waals surface area contributed by atoms with Crippen LogP contribution in [0.5, 0.6) is 0 Å². The smallest absolute Gasteiger partial charge is 0.416 e. The summed E-state index contributed by atoms with van der Waals surface area (Å²) in [5.74, 6) is -0.129. The highest BCUT2D eigenvalue weighted by atomic mass is 32.2. The van der Waals surface area contributed by atoms with E-state index in [1.54, 1.807) is 30.9 Å². The molecule has 5 rings (SSSR count). The van der Waals surface area contributed by atoms with E-state index in [2.05, 4.69) is 10.3 Å². The fraction of sp³-hybridized carbons (Fsp3) is 0.269. The average Bonchev–Trinajstić information content (AvgIpc) is 3.58. The van der Waals surface area contributed by atoms with Gasteiger partial charge in [0.1, 0.15) is 22.9 Å². The van der Waals surface area contributed by atoms with E-state index in [4.69, 9.17) is 4.42 Å². The maximum Gasteiger partial charge on any atom is 0.416 e. The summed E-state index contributed by atoms with van der Waals surface area (Å²) in [6.45, 7) is 3.41. The van der Waals surface area contributed by atoms with Crippen LogP contribution in [0.25, 0.3) is 21.4 Å². The molecule has 0 spiro atoms. The first-order valence-corrected chi connectivity index (χ1v) is 13.5. The molecule has 1 aliphatic rings. The first kappa shape index (κ1) is 26.2. The molecular formula is C26H21F4N3O3S2. The number of thioether (sulfide) groups is 1. The number of carbonyl (C=O) groups excluding carboxylic acids is 2. The molecule has 0 aliphatic carbocycles. The number of thiazole rings is 1. The zero-order valence-corrected chi connectivity index (χ0v) is 21.8. The van der Waals surface area contributed by atoms with Gasteiger partial charge in [-0.1, -0.05) is 12.1 Å². The van der Waals surface area contributed by atoms with Gasteiger partial charge in [0.2, 0.25) is 0 Å². The first-order valence-electron chi connectivity index (χ1n) is 11.5. The van der Waals surface area contributed by atoms with Gasteiger partial charge < -0.3 is 14.6 Å². The van der Waals surface area contributed by atoms with Crippen LogP contribution in [0.2, 0.25) is 0 Å². The summed E-state index contributed by atoms with van der Waals surface area (Å²) in [6.07, 6.45) is -4.65. The van der Waals surface area contributed by atoms with Crippen molar-refractivity contribution in [3.8, 4) is 10.4 Å². The van der Waals surface area contributed by atoms with Crippen LogP contribution in [0.4, 0.5) is 17.6 Å². The normalized spacial score (nSPS) is 15.8. The van der Waals surface area contributed by atoms with Crippen molar-refractivity contribution in [3.63, 3.8) is 0 Å². The van der Waals surface area contributed by atoms with Crippen LogP contribution in [0.15, 0.2) is 46.9 Å². The van der Waals surface area contributed by atoms with Crippen molar-refractivity contribution in [3.05, 3.63) is 75.9 Å². The van der Waals surface area contributed by atoms with Crippen molar-refractivity contribution in [2.24, 2.45) is 0 Å². The van der Waals surface area contributed by atoms with Crippen molar-refractivity contribution >= 4 is 45.9 Å². The number of carbonyl (C=O) groups is 2. The summed E-state index contributed by atoms with van der Waals surface area (Å²) < 4.78 is 59.1. The Kier molecular flexibility index (Phi) is 6.95. The van der Waals surface area contributed by atoms with E-state index in [-0.39, 0.29) is 34.7 Å². The number of nitrogens with zero attached hydrogens (tertiary/aromatic N) is 2. The number of benzene rings is 2. The van der Waals surface area contributed by atoms with Gasteiger partial charge >= 0.3 is 6.18 Å². The number of rotatable bonds is 5. The maximum absolute atomic E-state index is 13.5. The predicted octanol–water partition coefficient (Wildman–Crippen LogP) is 6.28. The van der Waals surface area contributed by atoms with Crippen LogP contribution in [0, 0.1) is 19.7 Å². The number of aromatic nitrogens is 1. The molecule has 2 amide bonds. The van der Waals surface area contributed by atoms with Crippen LogP contribution in [-0.2, 0) is 6.18 Å². The Morgan fingerprint density at radius 3 is 2.61 bits per heavy atom. The van der Waals surface area contributed by atoms with E-state index in [0.29, 0.717) is 32.8 Å². The first-order chi connectivity index (χ1) is 18.0. The predicted molar refractivity (Wildman–Crippen MR) is 138 cm³/mol. The van der Waals surface area contributed by atoms with Gasteiger partial charge in [0, 0.05) is 17.7 Å². The molecule has 38 heavy (non-hydrogen) atoms. The molecule has 0 radical (unpaired) electrons. The fourth-order valence-corrected chi connectivity index (χ4v) is 6.42. The minimum absolute atomic E-state index is 0.0251. The fourth-order valence-electron chi connectivity index (χ4n) is 4.30. The lowest BCUT2D eigenvalue weighted by Crippen LogP contribution is -2.44. The third-order valence-corrected chi connectivity index (χ3v) is 8.22. The number of hydrogen-bond donors (Lipinski definition) is 1. The number of nitrogens with one attached hydrogen (secondary N) is 1. The Bertz CT molecular complexity index is 1530. The molecule has 2 aromatic heterocycles. The highest BCUT2D eigenvalue weighted by Crippen LogP contribution is 2.35. The Balaban J connectivity index is 1.36. The number of alkyl halides is 3. The highest BCUT2D eigenvalue weighted by molar-refractivity contribution is 7.99. The SMILES string of the molecule is Cc1cc2c(C(=O)NC[C@@H]3CSCN3C(=O)c3nc(C)sc3-c3ccc(F)cc3)cc(C(F)(F)F)cc2o1. The second-order valence-corrected chi connectivity index (χ2v) is 11.0. The summed E-state index contributed by atoms with van der Waals surface area (Å²) >= 11 is 2.82. The molecule has 1 atom stereocenters. The van der Waals surface area contributed by atoms with Gasteiger partial charge in [-0.15, -0.1) is 23.1 Å². The lowest BCUT2D eigenvalue weighted by atomic mass is 10.0. The Morgan fingerprint density at radius 2 is 1.89 bits per heavy atom. The second-order valence-electron chi connectivity index (χ2n) is 8.85. The van der Waals surface area contributed by atoms with E-state index < -0.39 is 29.5 Å². The summed E-state index contributed by atoms with van der Waals surface area (Å²) in [7, 11) is 0. The van der Waals surface area contributed by atoms with Crippen molar-refractivity contribution < 1.29 is 31.6 Å². The molecule has 3 heterocycles. The third kappa shape index (κ3) is 5.14. The molecule has 1 N–H and O–H groups in total. The lowest BCUT2D eigenvalue weighted by Gasteiger charge is -2.24. The van der Waals surface area contributed by atoms with Crippen LogP contribution >= 0.6 is 23.1 Å². The van der Waals surface area contributed by atoms with Gasteiger partial charge in [-0.3, -0.25) is 9.59 Å². The minimum Gasteiger partial charge on any atom is -0.461 e.